The molecule has 0 saturated carbocycles. The summed E-state index contributed by atoms with van der Waals surface area (Å²) in [6.45, 7) is 0. The summed E-state index contributed by atoms with van der Waals surface area (Å²) in [6, 6.07) is 1.74. The van der Waals surface area contributed by atoms with Crippen LogP contribution < -0.4 is 5.73 Å². The SMILES string of the molecule is CN(C)C(=O)c1c(C(N)=O)ccc(F)c1F. The zero-order chi connectivity index (χ0) is 12.5. The zero-order valence-corrected chi connectivity index (χ0v) is 8.75. The van der Waals surface area contributed by atoms with E-state index in [0.29, 0.717) is 0 Å². The van der Waals surface area contributed by atoms with Crippen LogP contribution in [0.1, 0.15) is 20.7 Å². The van der Waals surface area contributed by atoms with Crippen LogP contribution in [0, 0.1) is 11.6 Å². The maximum atomic E-state index is 13.4. The van der Waals surface area contributed by atoms with Gasteiger partial charge in [-0.2, -0.15) is 0 Å². The maximum Gasteiger partial charge on any atom is 0.257 e. The van der Waals surface area contributed by atoms with E-state index in [-0.39, 0.29) is 5.56 Å². The summed E-state index contributed by atoms with van der Waals surface area (Å²) >= 11 is 0. The number of rotatable bonds is 2. The first-order valence-corrected chi connectivity index (χ1v) is 4.35. The maximum absolute atomic E-state index is 13.4. The van der Waals surface area contributed by atoms with E-state index in [2.05, 4.69) is 0 Å². The van der Waals surface area contributed by atoms with E-state index in [4.69, 9.17) is 5.73 Å². The molecule has 16 heavy (non-hydrogen) atoms. The van der Waals surface area contributed by atoms with E-state index in [0.717, 1.165) is 17.0 Å². The predicted octanol–water partition coefficient (Wildman–Crippen LogP) is 0.766. The number of nitrogens with two attached hydrogens (primary N) is 1. The second-order valence-electron chi connectivity index (χ2n) is 3.35. The summed E-state index contributed by atoms with van der Waals surface area (Å²) < 4.78 is 26.4. The van der Waals surface area contributed by atoms with Crippen molar-refractivity contribution in [2.75, 3.05) is 14.1 Å². The molecule has 1 aromatic carbocycles. The predicted molar refractivity (Wildman–Crippen MR) is 52.9 cm³/mol. The lowest BCUT2D eigenvalue weighted by Crippen LogP contribution is -2.27. The van der Waals surface area contributed by atoms with Gasteiger partial charge in [-0.1, -0.05) is 0 Å². The lowest BCUT2D eigenvalue weighted by Gasteiger charge is -2.13. The van der Waals surface area contributed by atoms with Crippen LogP contribution in [0.25, 0.3) is 0 Å². The average Bonchev–Trinajstić information content (AvgIpc) is 2.20. The fraction of sp³-hybridized carbons (Fsp3) is 0.200. The van der Waals surface area contributed by atoms with Crippen molar-refractivity contribution in [3.05, 3.63) is 34.9 Å². The number of benzene rings is 1. The van der Waals surface area contributed by atoms with Crippen molar-refractivity contribution in [2.45, 2.75) is 0 Å². The topological polar surface area (TPSA) is 63.4 Å². The van der Waals surface area contributed by atoms with Gasteiger partial charge in [-0.15, -0.1) is 0 Å². The van der Waals surface area contributed by atoms with Crippen molar-refractivity contribution >= 4 is 11.8 Å². The largest absolute Gasteiger partial charge is 0.366 e. The Hall–Kier alpha value is -1.98. The molecule has 0 bridgehead atoms. The molecule has 0 fully saturated rings. The van der Waals surface area contributed by atoms with E-state index >= 15 is 0 Å². The monoisotopic (exact) mass is 228 g/mol. The van der Waals surface area contributed by atoms with Crippen molar-refractivity contribution in [3.63, 3.8) is 0 Å². The van der Waals surface area contributed by atoms with Gasteiger partial charge in [0.2, 0.25) is 5.91 Å². The summed E-state index contributed by atoms with van der Waals surface area (Å²) in [6.07, 6.45) is 0. The van der Waals surface area contributed by atoms with Crippen LogP contribution in [-0.2, 0) is 0 Å². The number of primary amides is 1. The summed E-state index contributed by atoms with van der Waals surface area (Å²) in [5.41, 5.74) is 4.00. The van der Waals surface area contributed by atoms with Crippen LogP contribution in [0.3, 0.4) is 0 Å². The second-order valence-corrected chi connectivity index (χ2v) is 3.35. The molecule has 0 aliphatic heterocycles. The number of carbonyl (C=O) groups excluding carboxylic acids is 2. The Morgan fingerprint density at radius 2 is 1.81 bits per heavy atom. The standard InChI is InChI=1S/C10H10F2N2O2/c1-14(2)10(16)7-5(9(13)15)3-4-6(11)8(7)12/h3-4H,1-2H3,(H2,13,15). The van der Waals surface area contributed by atoms with E-state index in [1.165, 1.54) is 14.1 Å². The summed E-state index contributed by atoms with van der Waals surface area (Å²) in [5.74, 6) is -4.36. The number of halogens is 2. The minimum atomic E-state index is -1.37. The van der Waals surface area contributed by atoms with E-state index < -0.39 is 29.0 Å². The smallest absolute Gasteiger partial charge is 0.257 e. The van der Waals surface area contributed by atoms with Crippen molar-refractivity contribution < 1.29 is 18.4 Å². The highest BCUT2D eigenvalue weighted by Crippen LogP contribution is 2.18. The minimum absolute atomic E-state index is 0.336. The molecule has 0 heterocycles. The van der Waals surface area contributed by atoms with Gasteiger partial charge in [0.15, 0.2) is 11.6 Å². The highest BCUT2D eigenvalue weighted by molar-refractivity contribution is 6.06. The molecule has 0 unspecified atom stereocenters. The molecule has 0 radical (unpaired) electrons. The fourth-order valence-corrected chi connectivity index (χ4v) is 1.19. The molecule has 0 aromatic heterocycles. The Morgan fingerprint density at radius 1 is 1.25 bits per heavy atom. The molecule has 2 amide bonds. The quantitative estimate of drug-likeness (QED) is 0.812. The molecular formula is C10H10F2N2O2. The zero-order valence-electron chi connectivity index (χ0n) is 8.75. The van der Waals surface area contributed by atoms with Crippen LogP contribution in [0.4, 0.5) is 8.78 Å². The molecule has 0 aliphatic rings. The summed E-state index contributed by atoms with van der Waals surface area (Å²) in [7, 11) is 2.72. The van der Waals surface area contributed by atoms with Gasteiger partial charge in [-0.05, 0) is 12.1 Å². The van der Waals surface area contributed by atoms with Gasteiger partial charge in [-0.3, -0.25) is 9.59 Å². The molecule has 0 spiro atoms. The highest BCUT2D eigenvalue weighted by atomic mass is 19.2. The van der Waals surface area contributed by atoms with Gasteiger partial charge < -0.3 is 10.6 Å². The average molecular weight is 228 g/mol. The van der Waals surface area contributed by atoms with Crippen LogP contribution in [0.2, 0.25) is 0 Å². The Balaban J connectivity index is 3.49. The molecule has 0 atom stereocenters. The first kappa shape index (κ1) is 12.1. The van der Waals surface area contributed by atoms with Gasteiger partial charge in [0, 0.05) is 14.1 Å². The van der Waals surface area contributed by atoms with Gasteiger partial charge in [0.25, 0.3) is 5.91 Å². The van der Waals surface area contributed by atoms with Crippen LogP contribution in [-0.4, -0.2) is 30.8 Å². The van der Waals surface area contributed by atoms with Crippen LogP contribution >= 0.6 is 0 Å². The highest BCUT2D eigenvalue weighted by Gasteiger charge is 2.23. The molecule has 1 aromatic rings. The third-order valence-corrected chi connectivity index (χ3v) is 1.98. The first-order chi connectivity index (χ1) is 7.36. The van der Waals surface area contributed by atoms with Crippen molar-refractivity contribution in [1.29, 1.82) is 0 Å². The summed E-state index contributed by atoms with van der Waals surface area (Å²) in [5, 5.41) is 0. The molecule has 86 valence electrons. The third kappa shape index (κ3) is 2.00. The molecule has 0 saturated heterocycles. The lowest BCUT2D eigenvalue weighted by molar-refractivity contribution is 0.0814. The molecule has 4 nitrogen and oxygen atoms in total. The van der Waals surface area contributed by atoms with E-state index in [1.54, 1.807) is 0 Å². The van der Waals surface area contributed by atoms with Crippen molar-refractivity contribution in [1.82, 2.24) is 4.90 Å². The second kappa shape index (κ2) is 4.26. The van der Waals surface area contributed by atoms with Gasteiger partial charge in [-0.25, -0.2) is 8.78 Å². The van der Waals surface area contributed by atoms with Crippen molar-refractivity contribution in [3.8, 4) is 0 Å². The minimum Gasteiger partial charge on any atom is -0.366 e. The number of hydrogen-bond acceptors (Lipinski definition) is 2. The molecular weight excluding hydrogens is 218 g/mol. The van der Waals surface area contributed by atoms with E-state index in [9.17, 15) is 18.4 Å². The molecule has 1 rings (SSSR count). The first-order valence-electron chi connectivity index (χ1n) is 4.35. The van der Waals surface area contributed by atoms with Gasteiger partial charge >= 0.3 is 0 Å². The normalized spacial score (nSPS) is 10.0. The number of hydrogen-bond donors (Lipinski definition) is 1. The van der Waals surface area contributed by atoms with E-state index in [1.807, 2.05) is 0 Å². The number of amides is 2. The third-order valence-electron chi connectivity index (χ3n) is 1.98. The van der Waals surface area contributed by atoms with Gasteiger partial charge in [0.05, 0.1) is 11.1 Å². The molecule has 6 heteroatoms. The summed E-state index contributed by atoms with van der Waals surface area (Å²) in [4.78, 5) is 23.6. The Bertz CT molecular complexity index is 458. The lowest BCUT2D eigenvalue weighted by atomic mass is 10.0. The fourth-order valence-electron chi connectivity index (χ4n) is 1.19. The van der Waals surface area contributed by atoms with Crippen LogP contribution in [0.5, 0.6) is 0 Å². The van der Waals surface area contributed by atoms with Crippen LogP contribution in [0.15, 0.2) is 12.1 Å². The number of nitrogens with zero attached hydrogens (tertiary/aromatic N) is 1. The Labute approximate surface area is 90.6 Å². The Morgan fingerprint density at radius 3 is 2.25 bits per heavy atom. The van der Waals surface area contributed by atoms with Crippen molar-refractivity contribution in [2.24, 2.45) is 5.73 Å². The molecule has 0 aliphatic carbocycles. The Kier molecular flexibility index (Phi) is 3.22. The molecule has 2 N–H and O–H groups in total. The van der Waals surface area contributed by atoms with Gasteiger partial charge in [0.1, 0.15) is 0 Å². The number of carbonyl (C=O) groups is 2.